The van der Waals surface area contributed by atoms with Crippen LogP contribution in [0.25, 0.3) is 22.6 Å². The van der Waals surface area contributed by atoms with Gasteiger partial charge in [-0.1, -0.05) is 23.2 Å². The van der Waals surface area contributed by atoms with Crippen molar-refractivity contribution in [2.75, 3.05) is 5.73 Å². The fourth-order valence-corrected chi connectivity index (χ4v) is 2.99. The van der Waals surface area contributed by atoms with Crippen LogP contribution in [0.5, 0.6) is 0 Å². The molecular formula is C11H6Cl2N2OS. The molecule has 0 unspecified atom stereocenters. The minimum absolute atomic E-state index is 0.457. The van der Waals surface area contributed by atoms with E-state index in [2.05, 4.69) is 4.98 Å². The molecule has 3 rings (SSSR count). The van der Waals surface area contributed by atoms with Crippen LogP contribution in [0.4, 0.5) is 5.69 Å². The van der Waals surface area contributed by atoms with E-state index in [0.717, 1.165) is 5.52 Å². The number of fused-ring (bicyclic) bond motifs is 1. The van der Waals surface area contributed by atoms with Crippen molar-refractivity contribution in [3.63, 3.8) is 0 Å². The first kappa shape index (κ1) is 10.9. The molecular weight excluding hydrogens is 279 g/mol. The maximum atomic E-state index is 6.05. The highest BCUT2D eigenvalue weighted by molar-refractivity contribution is 7.20. The van der Waals surface area contributed by atoms with E-state index in [-0.39, 0.29) is 0 Å². The molecule has 0 bridgehead atoms. The molecule has 0 aliphatic heterocycles. The summed E-state index contributed by atoms with van der Waals surface area (Å²) in [6, 6.07) is 7.05. The lowest BCUT2D eigenvalue weighted by molar-refractivity contribution is 0.620. The van der Waals surface area contributed by atoms with Gasteiger partial charge in [-0.05, 0) is 18.2 Å². The monoisotopic (exact) mass is 284 g/mol. The van der Waals surface area contributed by atoms with Crippen molar-refractivity contribution >= 4 is 51.3 Å². The summed E-state index contributed by atoms with van der Waals surface area (Å²) in [5, 5.41) is 0. The second-order valence-electron chi connectivity index (χ2n) is 3.48. The molecule has 3 aromatic rings. The molecule has 2 aromatic heterocycles. The standard InChI is InChI=1S/C11H6Cl2N2OS/c12-9-4-6(10(13)17-9)11-15-7-2-1-5(14)3-8(7)16-11/h1-4H,14H2. The zero-order valence-electron chi connectivity index (χ0n) is 8.41. The Morgan fingerprint density at radius 2 is 2.06 bits per heavy atom. The van der Waals surface area contributed by atoms with Gasteiger partial charge in [-0.3, -0.25) is 0 Å². The smallest absolute Gasteiger partial charge is 0.229 e. The number of hydrogen-bond acceptors (Lipinski definition) is 4. The fourth-order valence-electron chi connectivity index (χ4n) is 1.54. The van der Waals surface area contributed by atoms with Gasteiger partial charge in [0.2, 0.25) is 5.89 Å². The van der Waals surface area contributed by atoms with Gasteiger partial charge in [0, 0.05) is 11.8 Å². The molecule has 0 amide bonds. The Morgan fingerprint density at radius 1 is 1.24 bits per heavy atom. The SMILES string of the molecule is Nc1ccc2nc(-c3cc(Cl)sc3Cl)oc2c1. The molecule has 0 atom stereocenters. The molecule has 0 aliphatic rings. The summed E-state index contributed by atoms with van der Waals surface area (Å²) in [5.41, 5.74) is 8.39. The molecule has 2 heterocycles. The van der Waals surface area contributed by atoms with Gasteiger partial charge in [-0.15, -0.1) is 11.3 Å². The van der Waals surface area contributed by atoms with Crippen molar-refractivity contribution in [3.05, 3.63) is 32.9 Å². The van der Waals surface area contributed by atoms with E-state index < -0.39 is 0 Å². The molecule has 0 saturated heterocycles. The van der Waals surface area contributed by atoms with E-state index in [9.17, 15) is 0 Å². The van der Waals surface area contributed by atoms with Crippen molar-refractivity contribution in [2.24, 2.45) is 0 Å². The summed E-state index contributed by atoms with van der Waals surface area (Å²) in [4.78, 5) is 4.34. The summed E-state index contributed by atoms with van der Waals surface area (Å²) in [6.45, 7) is 0. The Bertz CT molecular complexity index is 705. The predicted molar refractivity (Wildman–Crippen MR) is 71.8 cm³/mol. The Morgan fingerprint density at radius 3 is 2.76 bits per heavy atom. The Kier molecular flexibility index (Phi) is 2.50. The lowest BCUT2D eigenvalue weighted by Crippen LogP contribution is -1.81. The number of aromatic nitrogens is 1. The maximum absolute atomic E-state index is 6.05. The third kappa shape index (κ3) is 1.88. The maximum Gasteiger partial charge on any atom is 0.229 e. The van der Waals surface area contributed by atoms with Crippen molar-refractivity contribution in [2.45, 2.75) is 0 Å². The number of nitrogens with two attached hydrogens (primary N) is 1. The van der Waals surface area contributed by atoms with E-state index >= 15 is 0 Å². The normalized spacial score (nSPS) is 11.2. The number of benzene rings is 1. The second kappa shape index (κ2) is 3.91. The molecule has 1 aromatic carbocycles. The molecule has 3 nitrogen and oxygen atoms in total. The van der Waals surface area contributed by atoms with Gasteiger partial charge in [-0.25, -0.2) is 4.98 Å². The van der Waals surface area contributed by atoms with Gasteiger partial charge in [0.25, 0.3) is 0 Å². The van der Waals surface area contributed by atoms with Crippen LogP contribution in [0, 0.1) is 0 Å². The lowest BCUT2D eigenvalue weighted by atomic mass is 10.3. The quantitative estimate of drug-likeness (QED) is 0.672. The fraction of sp³-hybridized carbons (Fsp3) is 0. The topological polar surface area (TPSA) is 52.0 Å². The zero-order valence-corrected chi connectivity index (χ0v) is 10.7. The first-order valence-electron chi connectivity index (χ1n) is 4.75. The first-order chi connectivity index (χ1) is 8.13. The van der Waals surface area contributed by atoms with E-state index in [4.69, 9.17) is 33.4 Å². The van der Waals surface area contributed by atoms with Gasteiger partial charge in [0.05, 0.1) is 9.90 Å². The molecule has 2 N–H and O–H groups in total. The molecule has 17 heavy (non-hydrogen) atoms. The van der Waals surface area contributed by atoms with Gasteiger partial charge in [0.15, 0.2) is 5.58 Å². The van der Waals surface area contributed by atoms with Crippen LogP contribution in [0.15, 0.2) is 28.7 Å². The summed E-state index contributed by atoms with van der Waals surface area (Å²) in [7, 11) is 0. The highest BCUT2D eigenvalue weighted by atomic mass is 35.5. The number of rotatable bonds is 1. The molecule has 6 heteroatoms. The largest absolute Gasteiger partial charge is 0.436 e. The van der Waals surface area contributed by atoms with Crippen LogP contribution >= 0.6 is 34.5 Å². The number of halogens is 2. The van der Waals surface area contributed by atoms with Crippen molar-refractivity contribution in [1.29, 1.82) is 0 Å². The minimum atomic E-state index is 0.457. The van der Waals surface area contributed by atoms with Crippen LogP contribution in [0.1, 0.15) is 0 Å². The van der Waals surface area contributed by atoms with Crippen LogP contribution in [-0.4, -0.2) is 4.98 Å². The molecule has 0 saturated carbocycles. The number of oxazole rings is 1. The number of hydrogen-bond donors (Lipinski definition) is 1. The third-order valence-corrected chi connectivity index (χ3v) is 3.79. The molecule has 0 aliphatic carbocycles. The summed E-state index contributed by atoms with van der Waals surface area (Å²) < 4.78 is 6.77. The lowest BCUT2D eigenvalue weighted by Gasteiger charge is -1.89. The minimum Gasteiger partial charge on any atom is -0.436 e. The van der Waals surface area contributed by atoms with E-state index in [1.807, 2.05) is 0 Å². The van der Waals surface area contributed by atoms with Crippen molar-refractivity contribution < 1.29 is 4.42 Å². The average Bonchev–Trinajstić information content (AvgIpc) is 2.80. The van der Waals surface area contributed by atoms with Gasteiger partial charge >= 0.3 is 0 Å². The van der Waals surface area contributed by atoms with Gasteiger partial charge < -0.3 is 10.2 Å². The van der Waals surface area contributed by atoms with Crippen molar-refractivity contribution in [3.8, 4) is 11.5 Å². The van der Waals surface area contributed by atoms with Crippen LogP contribution in [-0.2, 0) is 0 Å². The highest BCUT2D eigenvalue weighted by Gasteiger charge is 2.14. The summed E-state index contributed by atoms with van der Waals surface area (Å²) >= 11 is 13.2. The number of thiophene rings is 1. The van der Waals surface area contributed by atoms with Gasteiger partial charge in [0.1, 0.15) is 9.85 Å². The number of nitrogens with zero attached hydrogens (tertiary/aromatic N) is 1. The third-order valence-electron chi connectivity index (χ3n) is 2.30. The Balaban J connectivity index is 2.21. The predicted octanol–water partition coefficient (Wildman–Crippen LogP) is 4.45. The van der Waals surface area contributed by atoms with Crippen LogP contribution in [0.3, 0.4) is 0 Å². The van der Waals surface area contributed by atoms with Crippen LogP contribution in [0.2, 0.25) is 8.67 Å². The number of anilines is 1. The van der Waals surface area contributed by atoms with Crippen LogP contribution < -0.4 is 5.73 Å². The zero-order chi connectivity index (χ0) is 12.0. The molecule has 0 radical (unpaired) electrons. The Labute approximate surface area is 111 Å². The average molecular weight is 285 g/mol. The first-order valence-corrected chi connectivity index (χ1v) is 6.32. The number of nitrogen functional groups attached to an aromatic ring is 1. The van der Waals surface area contributed by atoms with E-state index in [1.54, 1.807) is 24.3 Å². The molecule has 0 fully saturated rings. The van der Waals surface area contributed by atoms with E-state index in [1.165, 1.54) is 11.3 Å². The summed E-state index contributed by atoms with van der Waals surface area (Å²) in [6.07, 6.45) is 0. The van der Waals surface area contributed by atoms with Crippen molar-refractivity contribution in [1.82, 2.24) is 4.98 Å². The molecule has 86 valence electrons. The van der Waals surface area contributed by atoms with E-state index in [0.29, 0.717) is 31.4 Å². The summed E-state index contributed by atoms with van der Waals surface area (Å²) in [5.74, 6) is 0.457. The highest BCUT2D eigenvalue weighted by Crippen LogP contribution is 2.38. The molecule has 0 spiro atoms. The van der Waals surface area contributed by atoms with Gasteiger partial charge in [-0.2, -0.15) is 0 Å². The Hall–Kier alpha value is -1.23. The second-order valence-corrected chi connectivity index (χ2v) is 5.77.